The highest BCUT2D eigenvalue weighted by atomic mass is 79.9. The van der Waals surface area contributed by atoms with Crippen molar-refractivity contribution in [2.45, 2.75) is 37.7 Å². The van der Waals surface area contributed by atoms with Gasteiger partial charge in [-0.15, -0.1) is 0 Å². The number of alkyl halides is 1. The number of halogens is 1. The number of hydrogen-bond acceptors (Lipinski definition) is 4. The van der Waals surface area contributed by atoms with Gasteiger partial charge in [0.15, 0.2) is 0 Å². The summed E-state index contributed by atoms with van der Waals surface area (Å²) in [4.78, 5) is 13.0. The molecule has 1 aromatic carbocycles. The Morgan fingerprint density at radius 2 is 2.30 bits per heavy atom. The molecule has 1 aromatic rings. The van der Waals surface area contributed by atoms with Gasteiger partial charge in [0.2, 0.25) is 0 Å². The third-order valence-electron chi connectivity index (χ3n) is 3.67. The van der Waals surface area contributed by atoms with E-state index in [1.807, 2.05) is 12.1 Å². The van der Waals surface area contributed by atoms with E-state index >= 15 is 0 Å². The zero-order valence-corrected chi connectivity index (χ0v) is 13.3. The van der Waals surface area contributed by atoms with Crippen LogP contribution in [-0.4, -0.2) is 30.2 Å². The molecule has 0 amide bonds. The van der Waals surface area contributed by atoms with Gasteiger partial charge in [-0.25, -0.2) is 0 Å². The van der Waals surface area contributed by atoms with Crippen LogP contribution in [0.5, 0.6) is 0 Å². The van der Waals surface area contributed by atoms with Crippen LogP contribution in [0, 0.1) is 10.1 Å². The van der Waals surface area contributed by atoms with E-state index in [0.717, 1.165) is 18.7 Å². The maximum absolute atomic E-state index is 11.0. The lowest BCUT2D eigenvalue weighted by Crippen LogP contribution is -2.48. The van der Waals surface area contributed by atoms with Gasteiger partial charge in [-0.3, -0.25) is 10.1 Å². The van der Waals surface area contributed by atoms with E-state index in [9.17, 15) is 10.1 Å². The molecule has 20 heavy (non-hydrogen) atoms. The highest BCUT2D eigenvalue weighted by Crippen LogP contribution is 2.30. The van der Waals surface area contributed by atoms with Crippen LogP contribution in [0.1, 0.15) is 25.8 Å². The summed E-state index contributed by atoms with van der Waals surface area (Å²) >= 11 is 3.33. The highest BCUT2D eigenvalue weighted by molar-refractivity contribution is 9.08. The molecule has 0 aliphatic carbocycles. The van der Waals surface area contributed by atoms with Gasteiger partial charge in [0.25, 0.3) is 5.69 Å². The number of nitro benzene ring substituents is 1. The van der Waals surface area contributed by atoms with E-state index in [1.165, 1.54) is 0 Å². The van der Waals surface area contributed by atoms with Crippen LogP contribution in [0.3, 0.4) is 0 Å². The van der Waals surface area contributed by atoms with Crippen molar-refractivity contribution < 1.29 is 9.66 Å². The Bertz CT molecular complexity index is 495. The van der Waals surface area contributed by atoms with Crippen molar-refractivity contribution >= 4 is 27.3 Å². The molecular weight excluding hydrogens is 324 g/mol. The molecule has 1 saturated heterocycles. The Kier molecular flexibility index (Phi) is 4.99. The first-order chi connectivity index (χ1) is 9.56. The summed E-state index contributed by atoms with van der Waals surface area (Å²) in [6.07, 6.45) is 1.17. The van der Waals surface area contributed by atoms with Crippen molar-refractivity contribution in [3.8, 4) is 0 Å². The molecule has 1 aliphatic heterocycles. The lowest BCUT2D eigenvalue weighted by Gasteiger charge is -2.40. The fourth-order valence-corrected chi connectivity index (χ4v) is 2.98. The third kappa shape index (κ3) is 3.12. The number of morpholine rings is 1. The van der Waals surface area contributed by atoms with Gasteiger partial charge in [-0.2, -0.15) is 0 Å². The average molecular weight is 343 g/mol. The predicted molar refractivity (Wildman–Crippen MR) is 82.6 cm³/mol. The predicted octanol–water partition coefficient (Wildman–Crippen LogP) is 3.49. The molecule has 1 aliphatic rings. The number of ether oxygens (including phenoxy) is 1. The smallest absolute Gasteiger partial charge is 0.273 e. The van der Waals surface area contributed by atoms with Crippen LogP contribution in [0.4, 0.5) is 11.4 Å². The first-order valence-electron chi connectivity index (χ1n) is 6.78. The van der Waals surface area contributed by atoms with E-state index in [-0.39, 0.29) is 16.7 Å². The van der Waals surface area contributed by atoms with E-state index in [2.05, 4.69) is 34.7 Å². The Hall–Kier alpha value is -1.14. The minimum Gasteiger partial charge on any atom is -0.375 e. The molecule has 0 saturated carbocycles. The molecule has 6 heteroatoms. The van der Waals surface area contributed by atoms with Crippen LogP contribution in [0.15, 0.2) is 18.2 Å². The zero-order valence-electron chi connectivity index (χ0n) is 11.7. The van der Waals surface area contributed by atoms with Gasteiger partial charge in [0.05, 0.1) is 23.7 Å². The monoisotopic (exact) mass is 342 g/mol. The SMILES string of the molecule is CCC1COC(C)CN1c1ccc([N+](=O)[O-])c(CBr)c1. The summed E-state index contributed by atoms with van der Waals surface area (Å²) in [5.74, 6) is 0. The van der Waals surface area contributed by atoms with E-state index in [1.54, 1.807) is 6.07 Å². The molecular formula is C14H19BrN2O3. The first-order valence-corrected chi connectivity index (χ1v) is 7.90. The van der Waals surface area contributed by atoms with E-state index in [0.29, 0.717) is 23.5 Å². The van der Waals surface area contributed by atoms with Gasteiger partial charge in [0.1, 0.15) is 0 Å². The Labute approximate surface area is 127 Å². The lowest BCUT2D eigenvalue weighted by atomic mass is 10.1. The average Bonchev–Trinajstić information content (AvgIpc) is 2.46. The lowest BCUT2D eigenvalue weighted by molar-refractivity contribution is -0.385. The Morgan fingerprint density at radius 1 is 1.55 bits per heavy atom. The minimum atomic E-state index is -0.334. The van der Waals surface area contributed by atoms with Gasteiger partial charge in [0, 0.05) is 29.2 Å². The summed E-state index contributed by atoms with van der Waals surface area (Å²) in [5, 5.41) is 11.5. The van der Waals surface area contributed by atoms with Crippen LogP contribution < -0.4 is 4.90 Å². The second-order valence-electron chi connectivity index (χ2n) is 5.06. The largest absolute Gasteiger partial charge is 0.375 e. The normalized spacial score (nSPS) is 22.9. The summed E-state index contributed by atoms with van der Waals surface area (Å²) in [5.41, 5.74) is 1.91. The molecule has 0 aromatic heterocycles. The summed E-state index contributed by atoms with van der Waals surface area (Å²) < 4.78 is 5.69. The second kappa shape index (κ2) is 6.54. The molecule has 5 nitrogen and oxygen atoms in total. The Balaban J connectivity index is 2.33. The molecule has 0 radical (unpaired) electrons. The summed E-state index contributed by atoms with van der Waals surface area (Å²) in [6.45, 7) is 5.71. The highest BCUT2D eigenvalue weighted by Gasteiger charge is 2.26. The van der Waals surface area contributed by atoms with Crippen molar-refractivity contribution in [1.82, 2.24) is 0 Å². The number of benzene rings is 1. The zero-order chi connectivity index (χ0) is 14.7. The van der Waals surface area contributed by atoms with Gasteiger partial charge in [-0.1, -0.05) is 22.9 Å². The maximum atomic E-state index is 11.0. The number of nitrogens with zero attached hydrogens (tertiary/aromatic N) is 2. The number of nitro groups is 1. The Morgan fingerprint density at radius 3 is 2.90 bits per heavy atom. The number of anilines is 1. The number of rotatable bonds is 4. The van der Waals surface area contributed by atoms with Crippen LogP contribution >= 0.6 is 15.9 Å². The molecule has 2 unspecified atom stereocenters. The second-order valence-corrected chi connectivity index (χ2v) is 5.62. The first kappa shape index (κ1) is 15.3. The topological polar surface area (TPSA) is 55.6 Å². The molecule has 1 heterocycles. The maximum Gasteiger partial charge on any atom is 0.273 e. The molecule has 0 spiro atoms. The molecule has 110 valence electrons. The van der Waals surface area contributed by atoms with Crippen molar-refractivity contribution in [2.75, 3.05) is 18.1 Å². The van der Waals surface area contributed by atoms with Crippen molar-refractivity contribution in [3.63, 3.8) is 0 Å². The molecule has 1 fully saturated rings. The van der Waals surface area contributed by atoms with E-state index in [4.69, 9.17) is 4.74 Å². The fraction of sp³-hybridized carbons (Fsp3) is 0.571. The minimum absolute atomic E-state index is 0.167. The van der Waals surface area contributed by atoms with Gasteiger partial charge >= 0.3 is 0 Å². The van der Waals surface area contributed by atoms with Crippen LogP contribution in [0.2, 0.25) is 0 Å². The molecule has 2 atom stereocenters. The van der Waals surface area contributed by atoms with Crippen molar-refractivity contribution in [3.05, 3.63) is 33.9 Å². The van der Waals surface area contributed by atoms with Crippen molar-refractivity contribution in [1.29, 1.82) is 0 Å². The van der Waals surface area contributed by atoms with Gasteiger partial charge in [-0.05, 0) is 25.5 Å². The van der Waals surface area contributed by atoms with E-state index < -0.39 is 0 Å². The van der Waals surface area contributed by atoms with Crippen LogP contribution in [-0.2, 0) is 10.1 Å². The summed E-state index contributed by atoms with van der Waals surface area (Å²) in [7, 11) is 0. The molecule has 0 bridgehead atoms. The summed E-state index contributed by atoms with van der Waals surface area (Å²) in [6, 6.07) is 5.67. The fourth-order valence-electron chi connectivity index (χ4n) is 2.53. The standard InChI is InChI=1S/C14H19BrN2O3/c1-3-12-9-20-10(2)8-16(12)13-4-5-14(17(18)19)11(6-13)7-15/h4-6,10,12H,3,7-9H2,1-2H3. The third-order valence-corrected chi connectivity index (χ3v) is 4.28. The van der Waals surface area contributed by atoms with Gasteiger partial charge < -0.3 is 9.64 Å². The molecule has 2 rings (SSSR count). The van der Waals surface area contributed by atoms with Crippen molar-refractivity contribution in [2.24, 2.45) is 0 Å². The quantitative estimate of drug-likeness (QED) is 0.477. The van der Waals surface area contributed by atoms with Crippen LogP contribution in [0.25, 0.3) is 0 Å². The molecule has 0 N–H and O–H groups in total. The number of hydrogen-bond donors (Lipinski definition) is 0.